The third-order valence-electron chi connectivity index (χ3n) is 3.60. The zero-order valence-electron chi connectivity index (χ0n) is 10.6. The molecule has 0 saturated heterocycles. The van der Waals surface area contributed by atoms with Gasteiger partial charge >= 0.3 is 0 Å². The van der Waals surface area contributed by atoms with Crippen molar-refractivity contribution in [1.82, 2.24) is 9.55 Å². The SMILES string of the molecule is O=C(Cn1cnc2c1CCCC2)c1ccccc1F. The second-order valence-electron chi connectivity index (χ2n) is 4.88. The number of ketones is 1. The molecule has 3 rings (SSSR count). The second kappa shape index (κ2) is 4.96. The third-order valence-corrected chi connectivity index (χ3v) is 3.60. The molecule has 1 aliphatic rings. The van der Waals surface area contributed by atoms with Gasteiger partial charge in [0.2, 0.25) is 0 Å². The van der Waals surface area contributed by atoms with Crippen molar-refractivity contribution in [3.05, 3.63) is 53.4 Å². The number of carbonyl (C=O) groups is 1. The highest BCUT2D eigenvalue weighted by Crippen LogP contribution is 2.20. The molecular weight excluding hydrogens is 243 g/mol. The van der Waals surface area contributed by atoms with Crippen LogP contribution in [-0.2, 0) is 19.4 Å². The van der Waals surface area contributed by atoms with Crippen LogP contribution >= 0.6 is 0 Å². The van der Waals surface area contributed by atoms with Gasteiger partial charge in [0.05, 0.1) is 24.1 Å². The lowest BCUT2D eigenvalue weighted by molar-refractivity contribution is 0.0967. The highest BCUT2D eigenvalue weighted by atomic mass is 19.1. The van der Waals surface area contributed by atoms with Crippen molar-refractivity contribution in [3.63, 3.8) is 0 Å². The maximum absolute atomic E-state index is 13.6. The fourth-order valence-corrected chi connectivity index (χ4v) is 2.59. The summed E-state index contributed by atoms with van der Waals surface area (Å²) in [5.41, 5.74) is 2.38. The van der Waals surface area contributed by atoms with E-state index in [1.165, 1.54) is 12.1 Å². The molecule has 19 heavy (non-hydrogen) atoms. The zero-order chi connectivity index (χ0) is 13.2. The van der Waals surface area contributed by atoms with Crippen molar-refractivity contribution in [1.29, 1.82) is 0 Å². The number of Topliss-reactive ketones (excluding diaryl/α,β-unsaturated/α-hetero) is 1. The molecule has 0 unspecified atom stereocenters. The third kappa shape index (κ3) is 2.30. The van der Waals surface area contributed by atoms with Crippen molar-refractivity contribution in [2.24, 2.45) is 0 Å². The van der Waals surface area contributed by atoms with E-state index in [0.717, 1.165) is 37.1 Å². The molecule has 0 bridgehead atoms. The number of benzene rings is 1. The minimum Gasteiger partial charge on any atom is -0.327 e. The molecule has 0 spiro atoms. The molecular formula is C15H15FN2O. The van der Waals surface area contributed by atoms with Crippen LogP contribution in [0, 0.1) is 5.82 Å². The largest absolute Gasteiger partial charge is 0.327 e. The summed E-state index contributed by atoms with van der Waals surface area (Å²) in [6, 6.07) is 6.11. The Morgan fingerprint density at radius 3 is 2.89 bits per heavy atom. The molecule has 2 aromatic rings. The number of carbonyl (C=O) groups excluding carboxylic acids is 1. The van der Waals surface area contributed by atoms with Gasteiger partial charge in [-0.1, -0.05) is 12.1 Å². The first kappa shape index (κ1) is 12.1. The number of fused-ring (bicyclic) bond motifs is 1. The molecule has 98 valence electrons. The lowest BCUT2D eigenvalue weighted by atomic mass is 10.0. The Hall–Kier alpha value is -1.97. The second-order valence-corrected chi connectivity index (χ2v) is 4.88. The lowest BCUT2D eigenvalue weighted by Crippen LogP contribution is -2.15. The number of aryl methyl sites for hydroxylation is 1. The van der Waals surface area contributed by atoms with Gasteiger partial charge in [-0.05, 0) is 37.8 Å². The molecule has 0 N–H and O–H groups in total. The normalized spacial score (nSPS) is 14.2. The minimum atomic E-state index is -0.457. The van der Waals surface area contributed by atoms with Crippen molar-refractivity contribution in [2.75, 3.05) is 0 Å². The van der Waals surface area contributed by atoms with E-state index in [9.17, 15) is 9.18 Å². The Labute approximate surface area is 111 Å². The number of rotatable bonds is 3. The zero-order valence-corrected chi connectivity index (χ0v) is 10.6. The standard InChI is InChI=1S/C15H15FN2O/c16-12-6-2-1-5-11(12)15(19)9-18-10-17-13-7-3-4-8-14(13)18/h1-2,5-6,10H,3-4,7-9H2. The van der Waals surface area contributed by atoms with Gasteiger partial charge in [0, 0.05) is 5.69 Å². The number of nitrogens with zero attached hydrogens (tertiary/aromatic N) is 2. The number of hydrogen-bond donors (Lipinski definition) is 0. The Morgan fingerprint density at radius 1 is 1.26 bits per heavy atom. The predicted octanol–water partition coefficient (Wildman–Crippen LogP) is 2.78. The molecule has 1 heterocycles. The van der Waals surface area contributed by atoms with Gasteiger partial charge in [0.15, 0.2) is 5.78 Å². The van der Waals surface area contributed by atoms with E-state index in [1.807, 2.05) is 4.57 Å². The van der Waals surface area contributed by atoms with Crippen molar-refractivity contribution in [3.8, 4) is 0 Å². The van der Waals surface area contributed by atoms with E-state index in [4.69, 9.17) is 0 Å². The van der Waals surface area contributed by atoms with E-state index >= 15 is 0 Å². The fourth-order valence-electron chi connectivity index (χ4n) is 2.59. The minimum absolute atomic E-state index is 0.153. The molecule has 0 aliphatic heterocycles. The fraction of sp³-hybridized carbons (Fsp3) is 0.333. The summed E-state index contributed by atoms with van der Waals surface area (Å²) in [4.78, 5) is 16.5. The first-order chi connectivity index (χ1) is 9.25. The molecule has 0 atom stereocenters. The van der Waals surface area contributed by atoms with Crippen molar-refractivity contribution < 1.29 is 9.18 Å². The summed E-state index contributed by atoms with van der Waals surface area (Å²) in [5.74, 6) is -0.662. The number of hydrogen-bond acceptors (Lipinski definition) is 2. The maximum Gasteiger partial charge on any atom is 0.185 e. The number of aromatic nitrogens is 2. The van der Waals surface area contributed by atoms with Crippen LogP contribution in [0.4, 0.5) is 4.39 Å². The van der Waals surface area contributed by atoms with Gasteiger partial charge in [0.25, 0.3) is 0 Å². The van der Waals surface area contributed by atoms with Gasteiger partial charge in [-0.3, -0.25) is 4.79 Å². The topological polar surface area (TPSA) is 34.9 Å². The average molecular weight is 258 g/mol. The number of halogens is 1. The van der Waals surface area contributed by atoms with E-state index in [2.05, 4.69) is 4.98 Å². The van der Waals surface area contributed by atoms with E-state index in [-0.39, 0.29) is 17.9 Å². The lowest BCUT2D eigenvalue weighted by Gasteiger charge is -2.13. The first-order valence-electron chi connectivity index (χ1n) is 6.56. The highest BCUT2D eigenvalue weighted by molar-refractivity contribution is 5.96. The van der Waals surface area contributed by atoms with E-state index in [1.54, 1.807) is 18.5 Å². The van der Waals surface area contributed by atoms with E-state index < -0.39 is 5.82 Å². The molecule has 0 fully saturated rings. The van der Waals surface area contributed by atoms with Gasteiger partial charge in [-0.2, -0.15) is 0 Å². The first-order valence-corrected chi connectivity index (χ1v) is 6.56. The van der Waals surface area contributed by atoms with Crippen LogP contribution in [0.15, 0.2) is 30.6 Å². The average Bonchev–Trinajstić information content (AvgIpc) is 2.83. The van der Waals surface area contributed by atoms with Crippen LogP contribution in [0.3, 0.4) is 0 Å². The van der Waals surface area contributed by atoms with Crippen molar-refractivity contribution >= 4 is 5.78 Å². The quantitative estimate of drug-likeness (QED) is 0.793. The summed E-state index contributed by atoms with van der Waals surface area (Å²) in [7, 11) is 0. The van der Waals surface area contributed by atoms with E-state index in [0.29, 0.717) is 0 Å². The summed E-state index contributed by atoms with van der Waals surface area (Å²) < 4.78 is 15.4. The van der Waals surface area contributed by atoms with Gasteiger partial charge < -0.3 is 4.57 Å². The van der Waals surface area contributed by atoms with Gasteiger partial charge in [-0.15, -0.1) is 0 Å². The van der Waals surface area contributed by atoms with Gasteiger partial charge in [0.1, 0.15) is 5.82 Å². The Balaban J connectivity index is 1.84. The molecule has 0 saturated carbocycles. The molecule has 4 heteroatoms. The summed E-state index contributed by atoms with van der Waals surface area (Å²) in [6.45, 7) is 0.170. The highest BCUT2D eigenvalue weighted by Gasteiger charge is 2.18. The molecule has 1 aromatic heterocycles. The summed E-state index contributed by atoms with van der Waals surface area (Å²) >= 11 is 0. The predicted molar refractivity (Wildman–Crippen MR) is 69.6 cm³/mol. The Kier molecular flexibility index (Phi) is 3.15. The molecule has 3 nitrogen and oxygen atoms in total. The Morgan fingerprint density at radius 2 is 2.05 bits per heavy atom. The summed E-state index contributed by atoms with van der Waals surface area (Å²) in [5, 5.41) is 0. The smallest absolute Gasteiger partial charge is 0.185 e. The van der Waals surface area contributed by atoms with Crippen LogP contribution in [0.1, 0.15) is 34.6 Å². The van der Waals surface area contributed by atoms with Gasteiger partial charge in [-0.25, -0.2) is 9.37 Å². The molecule has 1 aliphatic carbocycles. The van der Waals surface area contributed by atoms with Crippen LogP contribution < -0.4 is 0 Å². The molecule has 1 aromatic carbocycles. The number of imidazole rings is 1. The summed E-state index contributed by atoms with van der Waals surface area (Å²) in [6.07, 6.45) is 5.93. The molecule has 0 radical (unpaired) electrons. The Bertz CT molecular complexity index is 618. The van der Waals surface area contributed by atoms with Crippen molar-refractivity contribution in [2.45, 2.75) is 32.2 Å². The van der Waals surface area contributed by atoms with Crippen LogP contribution in [-0.4, -0.2) is 15.3 Å². The monoisotopic (exact) mass is 258 g/mol. The van der Waals surface area contributed by atoms with Crippen LogP contribution in [0.25, 0.3) is 0 Å². The maximum atomic E-state index is 13.6. The molecule has 0 amide bonds. The van der Waals surface area contributed by atoms with Crippen LogP contribution in [0.5, 0.6) is 0 Å². The van der Waals surface area contributed by atoms with Crippen LogP contribution in [0.2, 0.25) is 0 Å².